The summed E-state index contributed by atoms with van der Waals surface area (Å²) < 4.78 is 13.9. The van der Waals surface area contributed by atoms with Crippen LogP contribution in [-0.4, -0.2) is 72.3 Å². The average Bonchev–Trinajstić information content (AvgIpc) is 3.22. The van der Waals surface area contributed by atoms with Crippen molar-refractivity contribution in [3.05, 3.63) is 53.2 Å². The van der Waals surface area contributed by atoms with Gasteiger partial charge in [-0.15, -0.1) is 11.3 Å². The Kier molecular flexibility index (Phi) is 7.76. The third-order valence-corrected chi connectivity index (χ3v) is 6.40. The minimum Gasteiger partial charge on any atom is -0.342 e. The number of hydrogen-bond donors (Lipinski definition) is 0. The highest BCUT2D eigenvalue weighted by Gasteiger charge is 2.22. The van der Waals surface area contributed by atoms with E-state index in [1.807, 2.05) is 36.9 Å². The second-order valence-corrected chi connectivity index (χ2v) is 8.30. The third-order valence-electron chi connectivity index (χ3n) is 5.32. The van der Waals surface area contributed by atoms with Gasteiger partial charge in [-0.1, -0.05) is 18.2 Å². The molecule has 1 aromatic heterocycles. The number of thiophene rings is 1. The van der Waals surface area contributed by atoms with E-state index in [4.69, 9.17) is 0 Å². The number of rotatable bonds is 7. The second kappa shape index (κ2) is 10.5. The van der Waals surface area contributed by atoms with Crippen molar-refractivity contribution in [2.75, 3.05) is 45.8 Å². The first-order valence-corrected chi connectivity index (χ1v) is 11.1. The first kappa shape index (κ1) is 22.2. The zero-order chi connectivity index (χ0) is 21.5. The lowest BCUT2D eigenvalue weighted by Gasteiger charge is -2.34. The van der Waals surface area contributed by atoms with Crippen LogP contribution < -0.4 is 0 Å². The molecular formula is C23H28FN3O2S. The molecule has 5 nitrogen and oxygen atoms in total. The number of amides is 2. The van der Waals surface area contributed by atoms with E-state index in [1.54, 1.807) is 29.2 Å². The summed E-state index contributed by atoms with van der Waals surface area (Å²) in [7, 11) is 0. The molecule has 3 rings (SSSR count). The predicted molar refractivity (Wildman–Crippen MR) is 120 cm³/mol. The summed E-state index contributed by atoms with van der Waals surface area (Å²) in [5, 5.41) is 0. The average molecular weight is 430 g/mol. The Morgan fingerprint density at radius 1 is 1.07 bits per heavy atom. The lowest BCUT2D eigenvalue weighted by Crippen LogP contribution is -2.51. The minimum absolute atomic E-state index is 0.0365. The quantitative estimate of drug-likeness (QED) is 0.632. The maximum absolute atomic E-state index is 13.9. The number of piperazine rings is 1. The van der Waals surface area contributed by atoms with E-state index in [-0.39, 0.29) is 17.6 Å². The molecule has 1 aliphatic heterocycles. The van der Waals surface area contributed by atoms with Gasteiger partial charge in [0.2, 0.25) is 11.8 Å². The fourth-order valence-electron chi connectivity index (χ4n) is 3.50. The SMILES string of the molecule is CCN(CC)C(=O)CN1CCN(C(=O)/C=C/c2ccc(-c3ccccc3F)s2)CC1. The molecule has 0 saturated carbocycles. The molecule has 2 aromatic rings. The summed E-state index contributed by atoms with van der Waals surface area (Å²) in [4.78, 5) is 32.3. The molecule has 2 amide bonds. The van der Waals surface area contributed by atoms with Crippen LogP contribution in [0, 0.1) is 5.82 Å². The molecule has 0 atom stereocenters. The molecule has 160 valence electrons. The van der Waals surface area contributed by atoms with E-state index < -0.39 is 0 Å². The molecule has 1 aliphatic rings. The Labute approximate surface area is 181 Å². The number of halogens is 1. The van der Waals surface area contributed by atoms with Crippen molar-refractivity contribution in [2.45, 2.75) is 13.8 Å². The van der Waals surface area contributed by atoms with Crippen LogP contribution in [0.5, 0.6) is 0 Å². The Balaban J connectivity index is 1.51. The monoisotopic (exact) mass is 429 g/mol. The molecule has 0 unspecified atom stereocenters. The second-order valence-electron chi connectivity index (χ2n) is 7.18. The molecule has 0 aliphatic carbocycles. The first-order chi connectivity index (χ1) is 14.5. The van der Waals surface area contributed by atoms with E-state index in [2.05, 4.69) is 4.90 Å². The van der Waals surface area contributed by atoms with Crippen molar-refractivity contribution in [2.24, 2.45) is 0 Å². The Bertz CT molecular complexity index is 899. The van der Waals surface area contributed by atoms with Gasteiger partial charge in [-0.3, -0.25) is 14.5 Å². The summed E-state index contributed by atoms with van der Waals surface area (Å²) in [6.45, 7) is 8.44. The molecule has 30 heavy (non-hydrogen) atoms. The van der Waals surface area contributed by atoms with E-state index in [0.717, 1.165) is 22.8 Å². The molecule has 0 N–H and O–H groups in total. The lowest BCUT2D eigenvalue weighted by molar-refractivity contribution is -0.133. The van der Waals surface area contributed by atoms with Crippen molar-refractivity contribution in [3.63, 3.8) is 0 Å². The zero-order valence-electron chi connectivity index (χ0n) is 17.5. The van der Waals surface area contributed by atoms with E-state index in [1.165, 1.54) is 17.4 Å². The number of carbonyl (C=O) groups excluding carboxylic acids is 2. The van der Waals surface area contributed by atoms with Crippen LogP contribution in [0.1, 0.15) is 18.7 Å². The summed E-state index contributed by atoms with van der Waals surface area (Å²) in [5.41, 5.74) is 0.573. The highest BCUT2D eigenvalue weighted by Crippen LogP contribution is 2.30. The van der Waals surface area contributed by atoms with Gasteiger partial charge in [0.1, 0.15) is 5.82 Å². The normalized spacial score (nSPS) is 15.0. The Hall–Kier alpha value is -2.51. The highest BCUT2D eigenvalue weighted by atomic mass is 32.1. The zero-order valence-corrected chi connectivity index (χ0v) is 18.3. The van der Waals surface area contributed by atoms with Crippen molar-refractivity contribution < 1.29 is 14.0 Å². The van der Waals surface area contributed by atoms with Gasteiger partial charge in [0.15, 0.2) is 0 Å². The maximum Gasteiger partial charge on any atom is 0.246 e. The summed E-state index contributed by atoms with van der Waals surface area (Å²) in [6, 6.07) is 10.5. The smallest absolute Gasteiger partial charge is 0.246 e. The van der Waals surface area contributed by atoms with Crippen molar-refractivity contribution in [1.29, 1.82) is 0 Å². The highest BCUT2D eigenvalue weighted by molar-refractivity contribution is 7.16. The van der Waals surface area contributed by atoms with E-state index in [0.29, 0.717) is 38.3 Å². The summed E-state index contributed by atoms with van der Waals surface area (Å²) in [5.74, 6) is -0.142. The predicted octanol–water partition coefficient (Wildman–Crippen LogP) is 3.58. The molecular weight excluding hydrogens is 401 g/mol. The number of likely N-dealkylation sites (N-methyl/N-ethyl adjacent to an activating group) is 1. The molecule has 2 heterocycles. The van der Waals surface area contributed by atoms with Crippen LogP contribution in [-0.2, 0) is 9.59 Å². The van der Waals surface area contributed by atoms with Crippen molar-refractivity contribution >= 4 is 29.2 Å². The van der Waals surface area contributed by atoms with Gasteiger partial charge >= 0.3 is 0 Å². The van der Waals surface area contributed by atoms with Gasteiger partial charge in [0.25, 0.3) is 0 Å². The number of nitrogens with zero attached hydrogens (tertiary/aromatic N) is 3. The number of hydrogen-bond acceptors (Lipinski definition) is 4. The van der Waals surface area contributed by atoms with Gasteiger partial charge in [-0.25, -0.2) is 4.39 Å². The van der Waals surface area contributed by atoms with Gasteiger partial charge in [-0.05, 0) is 38.1 Å². The van der Waals surface area contributed by atoms with E-state index in [9.17, 15) is 14.0 Å². The Morgan fingerprint density at radius 2 is 1.77 bits per heavy atom. The summed E-state index contributed by atoms with van der Waals surface area (Å²) >= 11 is 1.45. The van der Waals surface area contributed by atoms with Crippen molar-refractivity contribution in [1.82, 2.24) is 14.7 Å². The maximum atomic E-state index is 13.9. The van der Waals surface area contributed by atoms with E-state index >= 15 is 0 Å². The van der Waals surface area contributed by atoms with Gasteiger partial charge < -0.3 is 9.80 Å². The molecule has 1 aromatic carbocycles. The van der Waals surface area contributed by atoms with Crippen LogP contribution in [0.15, 0.2) is 42.5 Å². The minimum atomic E-state index is -0.247. The van der Waals surface area contributed by atoms with Gasteiger partial charge in [0, 0.05) is 60.7 Å². The Morgan fingerprint density at radius 3 is 2.43 bits per heavy atom. The molecule has 1 saturated heterocycles. The van der Waals surface area contributed by atoms with Crippen LogP contribution >= 0.6 is 11.3 Å². The third kappa shape index (κ3) is 5.55. The molecule has 7 heteroatoms. The largest absolute Gasteiger partial charge is 0.342 e. The number of carbonyl (C=O) groups is 2. The fraction of sp³-hybridized carbons (Fsp3) is 0.391. The first-order valence-electron chi connectivity index (χ1n) is 10.3. The van der Waals surface area contributed by atoms with Crippen LogP contribution in [0.2, 0.25) is 0 Å². The van der Waals surface area contributed by atoms with Crippen LogP contribution in [0.4, 0.5) is 4.39 Å². The standard InChI is InChI=1S/C23H28FN3O2S/c1-3-26(4-2)23(29)17-25-13-15-27(16-14-25)22(28)12-10-18-9-11-21(30-18)19-7-5-6-8-20(19)24/h5-12H,3-4,13-17H2,1-2H3/b12-10+. The van der Waals surface area contributed by atoms with Crippen LogP contribution in [0.25, 0.3) is 16.5 Å². The molecule has 1 fully saturated rings. The molecule has 0 spiro atoms. The van der Waals surface area contributed by atoms with Gasteiger partial charge in [0.05, 0.1) is 6.54 Å². The molecule has 0 bridgehead atoms. The topological polar surface area (TPSA) is 43.9 Å². The molecule has 0 radical (unpaired) electrons. The fourth-order valence-corrected chi connectivity index (χ4v) is 4.44. The van der Waals surface area contributed by atoms with Crippen molar-refractivity contribution in [3.8, 4) is 10.4 Å². The number of benzene rings is 1. The lowest BCUT2D eigenvalue weighted by atomic mass is 10.2. The summed E-state index contributed by atoms with van der Waals surface area (Å²) in [6.07, 6.45) is 3.36. The van der Waals surface area contributed by atoms with Gasteiger partial charge in [-0.2, -0.15) is 0 Å². The van der Waals surface area contributed by atoms with Crippen LogP contribution in [0.3, 0.4) is 0 Å².